The third-order valence-electron chi connectivity index (χ3n) is 3.72. The Morgan fingerprint density at radius 3 is 2.65 bits per heavy atom. The minimum Gasteiger partial charge on any atom is -0.444 e. The van der Waals surface area contributed by atoms with Crippen LogP contribution in [0.15, 0.2) is 11.5 Å². The van der Waals surface area contributed by atoms with Crippen molar-refractivity contribution in [3.8, 4) is 0 Å². The van der Waals surface area contributed by atoms with Gasteiger partial charge in [0.15, 0.2) is 5.13 Å². The van der Waals surface area contributed by atoms with E-state index >= 15 is 0 Å². The number of carbonyl (C=O) groups excluding carboxylic acids is 1. The van der Waals surface area contributed by atoms with E-state index in [1.165, 1.54) is 11.3 Å². The summed E-state index contributed by atoms with van der Waals surface area (Å²) in [7, 11) is 1.79. The lowest BCUT2D eigenvalue weighted by Crippen LogP contribution is -2.27. The quantitative estimate of drug-likeness (QED) is 0.864. The number of nitrogens with zero attached hydrogens (tertiary/aromatic N) is 1. The molecular weight excluding hydrogens is 312 g/mol. The van der Waals surface area contributed by atoms with Crippen molar-refractivity contribution in [2.24, 2.45) is 5.92 Å². The van der Waals surface area contributed by atoms with E-state index in [9.17, 15) is 4.79 Å². The summed E-state index contributed by atoms with van der Waals surface area (Å²) in [5.74, 6) is 0.588. The molecule has 1 aromatic heterocycles. The van der Waals surface area contributed by atoms with Gasteiger partial charge in [-0.2, -0.15) is 0 Å². The molecule has 1 saturated carbocycles. The molecule has 1 heterocycles. The van der Waals surface area contributed by atoms with Gasteiger partial charge in [0.05, 0.1) is 11.8 Å². The molecule has 6 heteroatoms. The number of nitrogens with one attached hydrogen (secondary N) is 1. The first-order valence-electron chi connectivity index (χ1n) is 8.02. The van der Waals surface area contributed by atoms with Crippen molar-refractivity contribution in [1.82, 2.24) is 4.98 Å². The van der Waals surface area contributed by atoms with Crippen LogP contribution in [0.3, 0.4) is 0 Å². The van der Waals surface area contributed by atoms with Crippen LogP contribution in [0.1, 0.15) is 52.1 Å². The number of allylic oxidation sites excluding steroid dienone is 1. The highest BCUT2D eigenvalue weighted by Gasteiger charge is 2.19. The second-order valence-corrected chi connectivity index (χ2v) is 7.69. The summed E-state index contributed by atoms with van der Waals surface area (Å²) in [6.07, 6.45) is 8.75. The number of rotatable bonds is 4. The fourth-order valence-corrected chi connectivity index (χ4v) is 3.23. The molecule has 1 aromatic rings. The summed E-state index contributed by atoms with van der Waals surface area (Å²) in [5.41, 5.74) is 0.361. The van der Waals surface area contributed by atoms with E-state index in [-0.39, 0.29) is 0 Å². The van der Waals surface area contributed by atoms with Crippen LogP contribution in [0, 0.1) is 5.92 Å². The van der Waals surface area contributed by atoms with Gasteiger partial charge >= 0.3 is 6.09 Å². The van der Waals surface area contributed by atoms with Crippen molar-refractivity contribution in [3.05, 3.63) is 17.2 Å². The summed E-state index contributed by atoms with van der Waals surface area (Å²) in [4.78, 5) is 16.1. The number of anilines is 1. The standard InChI is InChI=1S/C17H26N2O3S/c1-17(2,3)22-16(20)19-15-18-13(11-23-15)8-5-12-6-9-14(21-4)10-7-12/h5,8,11-12,14H,6-7,9-10H2,1-4H3,(H,18,19,20)/b8-5+. The number of amides is 1. The van der Waals surface area contributed by atoms with Gasteiger partial charge in [0.1, 0.15) is 5.60 Å². The van der Waals surface area contributed by atoms with Crippen molar-refractivity contribution in [1.29, 1.82) is 0 Å². The van der Waals surface area contributed by atoms with Crippen LogP contribution in [0.2, 0.25) is 0 Å². The molecule has 1 aliphatic carbocycles. The Morgan fingerprint density at radius 2 is 2.04 bits per heavy atom. The van der Waals surface area contributed by atoms with Crippen molar-refractivity contribution in [3.63, 3.8) is 0 Å². The summed E-state index contributed by atoms with van der Waals surface area (Å²) >= 11 is 1.40. The van der Waals surface area contributed by atoms with E-state index in [4.69, 9.17) is 9.47 Å². The van der Waals surface area contributed by atoms with Crippen molar-refractivity contribution < 1.29 is 14.3 Å². The van der Waals surface area contributed by atoms with E-state index in [0.717, 1.165) is 31.4 Å². The molecule has 0 atom stereocenters. The van der Waals surface area contributed by atoms with Crippen LogP contribution in [0.5, 0.6) is 0 Å². The van der Waals surface area contributed by atoms with Gasteiger partial charge < -0.3 is 9.47 Å². The molecule has 2 rings (SSSR count). The summed E-state index contributed by atoms with van der Waals surface area (Å²) in [6, 6.07) is 0. The van der Waals surface area contributed by atoms with Crippen molar-refractivity contribution >= 4 is 28.6 Å². The summed E-state index contributed by atoms with van der Waals surface area (Å²) in [5, 5.41) is 5.16. The average Bonchev–Trinajstić information content (AvgIpc) is 2.91. The number of hydrogen-bond donors (Lipinski definition) is 1. The number of aromatic nitrogens is 1. The Balaban J connectivity index is 1.83. The Bertz CT molecular complexity index is 540. The van der Waals surface area contributed by atoms with E-state index in [1.807, 2.05) is 32.2 Å². The highest BCUT2D eigenvalue weighted by atomic mass is 32.1. The molecule has 5 nitrogen and oxygen atoms in total. The monoisotopic (exact) mass is 338 g/mol. The second-order valence-electron chi connectivity index (χ2n) is 6.84. The fraction of sp³-hybridized carbons (Fsp3) is 0.647. The minimum atomic E-state index is -0.509. The molecule has 0 spiro atoms. The molecule has 0 aliphatic heterocycles. The van der Waals surface area contributed by atoms with E-state index in [2.05, 4.69) is 16.4 Å². The average molecular weight is 338 g/mol. The van der Waals surface area contributed by atoms with Gasteiger partial charge in [0.2, 0.25) is 0 Å². The first kappa shape index (κ1) is 17.9. The van der Waals surface area contributed by atoms with Gasteiger partial charge in [-0.25, -0.2) is 9.78 Å². The maximum Gasteiger partial charge on any atom is 0.413 e. The zero-order valence-electron chi connectivity index (χ0n) is 14.3. The SMILES string of the molecule is COC1CCC(/C=C/c2csc(NC(=O)OC(C)(C)C)n2)CC1. The molecular formula is C17H26N2O3S. The van der Waals surface area contributed by atoms with Gasteiger partial charge in [-0.3, -0.25) is 5.32 Å². The van der Waals surface area contributed by atoms with Crippen LogP contribution in [-0.4, -0.2) is 29.9 Å². The Hall–Kier alpha value is -1.40. The molecule has 0 saturated heterocycles. The zero-order chi connectivity index (χ0) is 16.9. The molecule has 1 aliphatic rings. The predicted molar refractivity (Wildman–Crippen MR) is 93.8 cm³/mol. The number of carbonyl (C=O) groups is 1. The largest absolute Gasteiger partial charge is 0.444 e. The molecule has 0 aromatic carbocycles. The summed E-state index contributed by atoms with van der Waals surface area (Å²) < 4.78 is 10.6. The molecule has 0 radical (unpaired) electrons. The third kappa shape index (κ3) is 6.31. The Kier molecular flexibility index (Phi) is 6.18. The van der Waals surface area contributed by atoms with Crippen LogP contribution >= 0.6 is 11.3 Å². The van der Waals surface area contributed by atoms with Gasteiger partial charge in [-0.1, -0.05) is 6.08 Å². The van der Waals surface area contributed by atoms with Gasteiger partial charge in [0.25, 0.3) is 0 Å². The predicted octanol–water partition coefficient (Wildman–Crippen LogP) is 4.71. The van der Waals surface area contributed by atoms with Gasteiger partial charge in [-0.15, -0.1) is 11.3 Å². The summed E-state index contributed by atoms with van der Waals surface area (Å²) in [6.45, 7) is 5.50. The maximum absolute atomic E-state index is 11.7. The highest BCUT2D eigenvalue weighted by molar-refractivity contribution is 7.14. The Morgan fingerprint density at radius 1 is 1.35 bits per heavy atom. The molecule has 128 valence electrons. The third-order valence-corrected chi connectivity index (χ3v) is 4.50. The number of methoxy groups -OCH3 is 1. The number of thiazole rings is 1. The molecule has 1 N–H and O–H groups in total. The van der Waals surface area contributed by atoms with Crippen molar-refractivity contribution in [2.45, 2.75) is 58.2 Å². The van der Waals surface area contributed by atoms with Crippen molar-refractivity contribution in [2.75, 3.05) is 12.4 Å². The first-order valence-corrected chi connectivity index (χ1v) is 8.90. The zero-order valence-corrected chi connectivity index (χ0v) is 15.1. The highest BCUT2D eigenvalue weighted by Crippen LogP contribution is 2.27. The van der Waals surface area contributed by atoms with E-state index in [0.29, 0.717) is 17.2 Å². The normalized spacial score (nSPS) is 22.3. The lowest BCUT2D eigenvalue weighted by Gasteiger charge is -2.25. The number of ether oxygens (including phenoxy) is 2. The second kappa shape index (κ2) is 7.93. The van der Waals surface area contributed by atoms with E-state index in [1.54, 1.807) is 7.11 Å². The van der Waals surface area contributed by atoms with Crippen LogP contribution < -0.4 is 5.32 Å². The molecule has 0 bridgehead atoms. The molecule has 0 unspecified atom stereocenters. The minimum absolute atomic E-state index is 0.420. The van der Waals surface area contributed by atoms with Gasteiger partial charge in [-0.05, 0) is 58.4 Å². The molecule has 1 amide bonds. The number of hydrogen-bond acceptors (Lipinski definition) is 5. The lowest BCUT2D eigenvalue weighted by atomic mass is 9.87. The van der Waals surface area contributed by atoms with Crippen LogP contribution in [-0.2, 0) is 9.47 Å². The molecule has 23 heavy (non-hydrogen) atoms. The first-order chi connectivity index (χ1) is 10.9. The van der Waals surface area contributed by atoms with Crippen LogP contribution in [0.4, 0.5) is 9.93 Å². The fourth-order valence-electron chi connectivity index (χ4n) is 2.56. The lowest BCUT2D eigenvalue weighted by molar-refractivity contribution is 0.0627. The topological polar surface area (TPSA) is 60.5 Å². The molecule has 1 fully saturated rings. The van der Waals surface area contributed by atoms with Crippen LogP contribution in [0.25, 0.3) is 6.08 Å². The van der Waals surface area contributed by atoms with Gasteiger partial charge in [0, 0.05) is 12.5 Å². The van der Waals surface area contributed by atoms with E-state index < -0.39 is 11.7 Å². The smallest absolute Gasteiger partial charge is 0.413 e. The Labute approximate surface area is 142 Å². The maximum atomic E-state index is 11.7.